The monoisotopic (exact) mass is 486 g/mol. The van der Waals surface area contributed by atoms with Crippen LogP contribution in [0.1, 0.15) is 16.8 Å². The molecule has 176 valence electrons. The second-order valence-electron chi connectivity index (χ2n) is 7.38. The molecule has 0 saturated heterocycles. The van der Waals surface area contributed by atoms with Crippen molar-refractivity contribution in [3.63, 3.8) is 0 Å². The first-order valence-corrected chi connectivity index (χ1v) is 11.7. The summed E-state index contributed by atoms with van der Waals surface area (Å²) in [5.74, 6) is 0.944. The number of phosphoric ester groups is 1. The predicted octanol–water partition coefficient (Wildman–Crippen LogP) is 3.02. The molecule has 0 bridgehead atoms. The summed E-state index contributed by atoms with van der Waals surface area (Å²) < 4.78 is 35.9. The highest BCUT2D eigenvalue weighted by atomic mass is 31.2. The van der Waals surface area contributed by atoms with Crippen LogP contribution in [0.4, 0.5) is 16.0 Å². The van der Waals surface area contributed by atoms with E-state index in [4.69, 9.17) is 20.0 Å². The van der Waals surface area contributed by atoms with Gasteiger partial charge in [0.1, 0.15) is 17.2 Å². The highest BCUT2D eigenvalue weighted by molar-refractivity contribution is 7.46. The number of nitrogens with one attached hydrogen (secondary N) is 1. The molecular weight excluding hydrogens is 464 g/mol. The van der Waals surface area contributed by atoms with E-state index < -0.39 is 14.6 Å². The molecule has 0 aliphatic carbocycles. The number of phosphoric acid groups is 1. The zero-order valence-corrected chi connectivity index (χ0v) is 18.7. The minimum absolute atomic E-state index is 0.200. The predicted molar refractivity (Wildman–Crippen MR) is 120 cm³/mol. The second-order valence-corrected chi connectivity index (χ2v) is 8.62. The fraction of sp³-hybridized carbons (Fsp3) is 0.136. The van der Waals surface area contributed by atoms with Crippen LogP contribution in [-0.2, 0) is 28.8 Å². The number of nitrogens with zero attached hydrogens (tertiary/aromatic N) is 3. The minimum Gasteiger partial charge on any atom is -0.366 e. The number of rotatable bonds is 9. The average Bonchev–Trinajstić information content (AvgIpc) is 3.26. The molecule has 3 aromatic heterocycles. The molecule has 0 unspecified atom stereocenters. The molecule has 0 amide bonds. The van der Waals surface area contributed by atoms with Gasteiger partial charge in [-0.1, -0.05) is 29.4 Å². The van der Waals surface area contributed by atoms with Crippen LogP contribution in [-0.4, -0.2) is 19.9 Å². The standard InChI is InChI=1S/C22H21FN5O5P/c23-19-6-2-1-4-16(19)13-26-21-8-7-15(12-25-21)10-17-11-20(33-27-17)18-5-3-9-28(22(18)24)14-32-34(29,30)31/h1-9,11-12,24H,10,13-14H2,(H3,25,26,29,30,31)/p+1. The van der Waals surface area contributed by atoms with Crippen LogP contribution in [0.3, 0.4) is 0 Å². The molecule has 12 heteroatoms. The first-order valence-electron chi connectivity index (χ1n) is 10.1. The number of aromatic nitrogens is 3. The van der Waals surface area contributed by atoms with Gasteiger partial charge in [-0.2, -0.15) is 0 Å². The molecule has 0 aliphatic heterocycles. The molecule has 0 aliphatic rings. The van der Waals surface area contributed by atoms with Crippen molar-refractivity contribution in [2.24, 2.45) is 0 Å². The summed E-state index contributed by atoms with van der Waals surface area (Å²) in [6.45, 7) is -0.0999. The van der Waals surface area contributed by atoms with Crippen molar-refractivity contribution in [1.29, 1.82) is 0 Å². The molecule has 0 saturated carbocycles. The molecule has 0 fully saturated rings. The summed E-state index contributed by atoms with van der Waals surface area (Å²) in [4.78, 5) is 22.1. The Morgan fingerprint density at radius 1 is 1.18 bits per heavy atom. The summed E-state index contributed by atoms with van der Waals surface area (Å²) >= 11 is 0. The number of halogens is 1. The lowest BCUT2D eigenvalue weighted by Gasteiger charge is -2.07. The van der Waals surface area contributed by atoms with E-state index in [9.17, 15) is 8.96 Å². The van der Waals surface area contributed by atoms with Crippen LogP contribution in [0.5, 0.6) is 0 Å². The zero-order chi connectivity index (χ0) is 24.1. The maximum Gasteiger partial charge on any atom is 0.472 e. The number of anilines is 2. The van der Waals surface area contributed by atoms with Crippen molar-refractivity contribution < 1.29 is 32.4 Å². The van der Waals surface area contributed by atoms with Gasteiger partial charge in [0, 0.05) is 30.8 Å². The van der Waals surface area contributed by atoms with Gasteiger partial charge in [-0.25, -0.2) is 23.0 Å². The fourth-order valence-electron chi connectivity index (χ4n) is 3.21. The lowest BCUT2D eigenvalue weighted by atomic mass is 10.1. The molecule has 0 spiro atoms. The van der Waals surface area contributed by atoms with Gasteiger partial charge in [0.25, 0.3) is 5.82 Å². The number of nitrogens with two attached hydrogens (primary N) is 1. The minimum atomic E-state index is -4.64. The van der Waals surface area contributed by atoms with E-state index in [0.717, 1.165) is 5.56 Å². The SMILES string of the molecule is Nc1c(-c2cc(Cc3ccc(NCc4ccccc4F)nc3)no2)ccc[n+]1COP(=O)(O)O. The molecule has 1 aromatic carbocycles. The first kappa shape index (κ1) is 23.5. The van der Waals surface area contributed by atoms with Gasteiger partial charge in [-0.3, -0.25) is 5.73 Å². The van der Waals surface area contributed by atoms with Crippen molar-refractivity contribution in [3.8, 4) is 11.3 Å². The van der Waals surface area contributed by atoms with Crippen molar-refractivity contribution in [2.75, 3.05) is 11.1 Å². The van der Waals surface area contributed by atoms with E-state index in [1.54, 1.807) is 48.7 Å². The second kappa shape index (κ2) is 10.1. The Balaban J connectivity index is 1.40. The Kier molecular flexibility index (Phi) is 6.99. The molecule has 4 rings (SSSR count). The van der Waals surface area contributed by atoms with Crippen LogP contribution in [0, 0.1) is 5.82 Å². The molecule has 0 radical (unpaired) electrons. The van der Waals surface area contributed by atoms with E-state index in [1.165, 1.54) is 16.8 Å². The van der Waals surface area contributed by atoms with Gasteiger partial charge in [-0.15, -0.1) is 0 Å². The quantitative estimate of drug-likeness (QED) is 0.207. The lowest BCUT2D eigenvalue weighted by Crippen LogP contribution is -2.38. The summed E-state index contributed by atoms with van der Waals surface area (Å²) in [5, 5.41) is 7.16. The summed E-state index contributed by atoms with van der Waals surface area (Å²) in [7, 11) is -4.64. The molecule has 4 aromatic rings. The van der Waals surface area contributed by atoms with Crippen LogP contribution in [0.15, 0.2) is 71.5 Å². The Morgan fingerprint density at radius 2 is 2.00 bits per heavy atom. The largest absolute Gasteiger partial charge is 0.472 e. The van der Waals surface area contributed by atoms with E-state index in [0.29, 0.717) is 41.4 Å². The highest BCUT2D eigenvalue weighted by Crippen LogP contribution is 2.35. The Bertz CT molecular complexity index is 1330. The van der Waals surface area contributed by atoms with Crippen molar-refractivity contribution in [1.82, 2.24) is 10.1 Å². The van der Waals surface area contributed by atoms with E-state index in [1.807, 2.05) is 6.07 Å². The highest BCUT2D eigenvalue weighted by Gasteiger charge is 2.20. The van der Waals surface area contributed by atoms with Gasteiger partial charge in [0.15, 0.2) is 5.76 Å². The summed E-state index contributed by atoms with van der Waals surface area (Å²) in [6.07, 6.45) is 3.68. The Hall–Kier alpha value is -3.63. The van der Waals surface area contributed by atoms with E-state index in [2.05, 4.69) is 20.0 Å². The normalized spacial score (nSPS) is 11.5. The maximum atomic E-state index is 13.7. The number of hydrogen-bond acceptors (Lipinski definition) is 7. The van der Waals surface area contributed by atoms with Crippen LogP contribution >= 0.6 is 7.82 Å². The summed E-state index contributed by atoms with van der Waals surface area (Å²) in [5.41, 5.74) is 8.69. The summed E-state index contributed by atoms with van der Waals surface area (Å²) in [6, 6.07) is 15.3. The average molecular weight is 486 g/mol. The molecule has 0 atom stereocenters. The molecule has 34 heavy (non-hydrogen) atoms. The van der Waals surface area contributed by atoms with Gasteiger partial charge in [0.05, 0.1) is 11.9 Å². The van der Waals surface area contributed by atoms with Crippen molar-refractivity contribution >= 4 is 19.5 Å². The number of nitrogen functional groups attached to an aromatic ring is 1. The lowest BCUT2D eigenvalue weighted by molar-refractivity contribution is -0.711. The van der Waals surface area contributed by atoms with Crippen molar-refractivity contribution in [2.45, 2.75) is 19.7 Å². The third kappa shape index (κ3) is 6.03. The van der Waals surface area contributed by atoms with Gasteiger partial charge < -0.3 is 19.6 Å². The fourth-order valence-corrected chi connectivity index (χ4v) is 3.49. The Labute approximate surface area is 194 Å². The Morgan fingerprint density at radius 3 is 2.74 bits per heavy atom. The van der Waals surface area contributed by atoms with Crippen LogP contribution in [0.2, 0.25) is 0 Å². The maximum absolute atomic E-state index is 13.7. The zero-order valence-electron chi connectivity index (χ0n) is 17.8. The van der Waals surface area contributed by atoms with Crippen molar-refractivity contribution in [3.05, 3.63) is 89.6 Å². The molecule has 5 N–H and O–H groups in total. The number of hydrogen-bond donors (Lipinski definition) is 4. The number of benzene rings is 1. The van der Waals surface area contributed by atoms with Crippen LogP contribution < -0.4 is 15.6 Å². The first-order chi connectivity index (χ1) is 16.3. The molecular formula is C22H22FN5O5P+. The smallest absolute Gasteiger partial charge is 0.366 e. The topological polar surface area (TPSA) is 148 Å². The van der Waals surface area contributed by atoms with E-state index in [-0.39, 0.29) is 11.6 Å². The van der Waals surface area contributed by atoms with Crippen LogP contribution in [0.25, 0.3) is 11.3 Å². The van der Waals surface area contributed by atoms with Gasteiger partial charge in [0.2, 0.25) is 6.73 Å². The third-order valence-corrected chi connectivity index (χ3v) is 5.38. The van der Waals surface area contributed by atoms with Gasteiger partial charge >= 0.3 is 7.82 Å². The number of pyridine rings is 2. The molecule has 3 heterocycles. The van der Waals surface area contributed by atoms with E-state index >= 15 is 0 Å². The third-order valence-electron chi connectivity index (χ3n) is 4.93. The molecule has 10 nitrogen and oxygen atoms in total. The van der Waals surface area contributed by atoms with Gasteiger partial charge in [-0.05, 0) is 29.8 Å².